The Hall–Kier alpha value is -2.38. The molecule has 0 aliphatic heterocycles. The fourth-order valence-corrected chi connectivity index (χ4v) is 3.48. The van der Waals surface area contributed by atoms with E-state index in [0.29, 0.717) is 16.8 Å². The van der Waals surface area contributed by atoms with Gasteiger partial charge in [-0.1, -0.05) is 71.2 Å². The average Bonchev–Trinajstić information content (AvgIpc) is 2.72. The number of rotatable bonds is 5. The molecule has 0 aliphatic carbocycles. The maximum absolute atomic E-state index is 12.9. The Bertz CT molecular complexity index is 1130. The Morgan fingerprint density at radius 3 is 2.19 bits per heavy atom. The van der Waals surface area contributed by atoms with Crippen LogP contribution in [0.5, 0.6) is 0 Å². The first-order valence-corrected chi connectivity index (χ1v) is 10.7. The minimum atomic E-state index is -1.88. The van der Waals surface area contributed by atoms with Gasteiger partial charge in [0.2, 0.25) is 3.79 Å². The van der Waals surface area contributed by atoms with E-state index in [1.165, 1.54) is 6.92 Å². The van der Waals surface area contributed by atoms with Gasteiger partial charge in [-0.3, -0.25) is 9.59 Å². The van der Waals surface area contributed by atoms with E-state index in [-0.39, 0.29) is 10.9 Å². The summed E-state index contributed by atoms with van der Waals surface area (Å²) in [5, 5.41) is 10.3. The van der Waals surface area contributed by atoms with Gasteiger partial charge >= 0.3 is 0 Å². The summed E-state index contributed by atoms with van der Waals surface area (Å²) in [4.78, 5) is 24.3. The first-order chi connectivity index (χ1) is 14.6. The number of anilines is 1. The molecule has 0 fully saturated rings. The van der Waals surface area contributed by atoms with Crippen LogP contribution in [0.15, 0.2) is 66.7 Å². The van der Waals surface area contributed by atoms with Crippen LogP contribution in [0.1, 0.15) is 27.6 Å². The van der Waals surface area contributed by atoms with Gasteiger partial charge in [0.05, 0.1) is 0 Å². The largest absolute Gasteiger partial charge is 0.339 e. The van der Waals surface area contributed by atoms with Gasteiger partial charge in [-0.25, -0.2) is 0 Å². The molecule has 31 heavy (non-hydrogen) atoms. The molecule has 0 aromatic heterocycles. The van der Waals surface area contributed by atoms with Crippen LogP contribution in [-0.2, 0) is 0 Å². The molecule has 5 nitrogen and oxygen atoms in total. The number of hydrogen-bond acceptors (Lipinski definition) is 3. The summed E-state index contributed by atoms with van der Waals surface area (Å²) in [7, 11) is 0. The lowest BCUT2D eigenvalue weighted by Gasteiger charge is -2.28. The summed E-state index contributed by atoms with van der Waals surface area (Å²) in [6, 6.07) is 19.6. The quantitative estimate of drug-likeness (QED) is 0.190. The molecule has 0 heterocycles. The van der Waals surface area contributed by atoms with Crippen molar-refractivity contribution in [3.63, 3.8) is 0 Å². The van der Waals surface area contributed by atoms with E-state index < -0.39 is 15.9 Å². The molecule has 1 amide bonds. The van der Waals surface area contributed by atoms with Gasteiger partial charge in [-0.05, 0) is 60.2 Å². The average molecular weight is 495 g/mol. The number of carbonyl (C=O) groups excluding carboxylic acids is 2. The predicted molar refractivity (Wildman–Crippen MR) is 131 cm³/mol. The van der Waals surface area contributed by atoms with Gasteiger partial charge in [0, 0.05) is 16.8 Å². The van der Waals surface area contributed by atoms with Crippen LogP contribution in [0, 0.1) is 0 Å². The van der Waals surface area contributed by atoms with E-state index >= 15 is 0 Å². The van der Waals surface area contributed by atoms with Crippen LogP contribution in [0.4, 0.5) is 5.69 Å². The van der Waals surface area contributed by atoms with Crippen molar-refractivity contribution >= 4 is 80.3 Å². The van der Waals surface area contributed by atoms with Crippen LogP contribution in [0.3, 0.4) is 0 Å². The zero-order valence-corrected chi connectivity index (χ0v) is 19.4. The fourth-order valence-electron chi connectivity index (χ4n) is 2.92. The molecule has 9 heteroatoms. The number of Topliss-reactive ketones (excluding diaryl/α,β-unsaturated/α-hetero) is 1. The summed E-state index contributed by atoms with van der Waals surface area (Å²) in [5.41, 5.74) is 1.65. The van der Waals surface area contributed by atoms with E-state index in [9.17, 15) is 9.59 Å². The normalized spacial score (nSPS) is 12.1. The number of fused-ring (bicyclic) bond motifs is 1. The van der Waals surface area contributed by atoms with Crippen LogP contribution >= 0.6 is 47.0 Å². The minimum Gasteiger partial charge on any atom is -0.339 e. The summed E-state index contributed by atoms with van der Waals surface area (Å²) in [6.45, 7) is 1.48. The SMILES string of the molecule is CC(=O)c1ccc(NC(=S)N[C@@H](NC(=O)c2cccc3ccccc23)C(Cl)(Cl)Cl)cc1. The van der Waals surface area contributed by atoms with E-state index in [1.54, 1.807) is 36.4 Å². The van der Waals surface area contributed by atoms with E-state index in [0.717, 1.165) is 10.8 Å². The van der Waals surface area contributed by atoms with Crippen molar-refractivity contribution < 1.29 is 9.59 Å². The molecule has 0 spiro atoms. The molecule has 0 saturated carbocycles. The lowest BCUT2D eigenvalue weighted by atomic mass is 10.0. The fraction of sp³-hybridized carbons (Fsp3) is 0.136. The lowest BCUT2D eigenvalue weighted by Crippen LogP contribution is -2.56. The van der Waals surface area contributed by atoms with Crippen molar-refractivity contribution in [1.29, 1.82) is 0 Å². The van der Waals surface area contributed by atoms with E-state index in [2.05, 4.69) is 16.0 Å². The Labute approximate surface area is 200 Å². The molecule has 0 bridgehead atoms. The number of benzene rings is 3. The first-order valence-electron chi connectivity index (χ1n) is 9.19. The maximum atomic E-state index is 12.9. The molecule has 0 saturated heterocycles. The third kappa shape index (κ3) is 6.08. The minimum absolute atomic E-state index is 0.0420. The molecule has 0 aliphatic rings. The van der Waals surface area contributed by atoms with Crippen molar-refractivity contribution in [1.82, 2.24) is 10.6 Å². The van der Waals surface area contributed by atoms with Crippen molar-refractivity contribution in [3.05, 3.63) is 77.9 Å². The molecule has 0 unspecified atom stereocenters. The smallest absolute Gasteiger partial charge is 0.253 e. The topological polar surface area (TPSA) is 70.2 Å². The van der Waals surface area contributed by atoms with Crippen LogP contribution in [0.2, 0.25) is 0 Å². The maximum Gasteiger partial charge on any atom is 0.253 e. The van der Waals surface area contributed by atoms with Crippen molar-refractivity contribution in [3.8, 4) is 0 Å². The summed E-state index contributed by atoms with van der Waals surface area (Å²) < 4.78 is -1.88. The standard InChI is InChI=1S/C22H18Cl3N3O2S/c1-13(29)14-9-11-16(12-10-14)26-21(31)28-20(22(23,24)25)27-19(30)18-8-4-6-15-5-2-3-7-17(15)18/h2-12,20H,1H3,(H,27,30)(H2,26,28,31)/t20-/m1/s1. The Balaban J connectivity index is 1.73. The Morgan fingerprint density at radius 1 is 0.903 bits per heavy atom. The number of alkyl halides is 3. The first kappa shape index (κ1) is 23.3. The van der Waals surface area contributed by atoms with Gasteiger partial charge < -0.3 is 16.0 Å². The van der Waals surface area contributed by atoms with Gasteiger partial charge in [0.15, 0.2) is 10.9 Å². The highest BCUT2D eigenvalue weighted by atomic mass is 35.6. The molecule has 3 aromatic rings. The van der Waals surface area contributed by atoms with E-state index in [1.807, 2.05) is 30.3 Å². The van der Waals surface area contributed by atoms with Crippen molar-refractivity contribution in [2.45, 2.75) is 16.9 Å². The van der Waals surface area contributed by atoms with Crippen LogP contribution in [-0.4, -0.2) is 26.8 Å². The molecule has 0 radical (unpaired) electrons. The Kier molecular flexibility index (Phi) is 7.38. The highest BCUT2D eigenvalue weighted by Crippen LogP contribution is 2.30. The van der Waals surface area contributed by atoms with Gasteiger partial charge in [-0.15, -0.1) is 0 Å². The summed E-state index contributed by atoms with van der Waals surface area (Å²) in [5.74, 6) is -0.464. The van der Waals surface area contributed by atoms with E-state index in [4.69, 9.17) is 47.0 Å². The number of hydrogen-bond donors (Lipinski definition) is 3. The summed E-state index contributed by atoms with van der Waals surface area (Å²) in [6.07, 6.45) is -1.11. The molecular formula is C22H18Cl3N3O2S. The molecule has 1 atom stereocenters. The molecule has 3 N–H and O–H groups in total. The van der Waals surface area contributed by atoms with Gasteiger partial charge in [-0.2, -0.15) is 0 Å². The van der Waals surface area contributed by atoms with Crippen molar-refractivity contribution in [2.24, 2.45) is 0 Å². The predicted octanol–water partition coefficient (Wildman–Crippen LogP) is 5.46. The number of nitrogens with one attached hydrogen (secondary N) is 3. The number of ketones is 1. The molecule has 160 valence electrons. The second kappa shape index (κ2) is 9.83. The molecule has 3 rings (SSSR count). The molecular weight excluding hydrogens is 477 g/mol. The summed E-state index contributed by atoms with van der Waals surface area (Å²) >= 11 is 23.5. The molecule has 3 aromatic carbocycles. The number of amides is 1. The highest BCUT2D eigenvalue weighted by molar-refractivity contribution is 7.80. The Morgan fingerprint density at radius 2 is 1.55 bits per heavy atom. The monoisotopic (exact) mass is 493 g/mol. The zero-order valence-electron chi connectivity index (χ0n) is 16.3. The highest BCUT2D eigenvalue weighted by Gasteiger charge is 2.35. The second-order valence-electron chi connectivity index (χ2n) is 6.71. The van der Waals surface area contributed by atoms with Crippen LogP contribution in [0.25, 0.3) is 10.8 Å². The number of thiocarbonyl (C=S) groups is 1. The number of halogens is 3. The third-order valence-electron chi connectivity index (χ3n) is 4.46. The lowest BCUT2D eigenvalue weighted by molar-refractivity contribution is 0.0935. The van der Waals surface area contributed by atoms with Crippen LogP contribution < -0.4 is 16.0 Å². The van der Waals surface area contributed by atoms with Gasteiger partial charge in [0.25, 0.3) is 5.91 Å². The van der Waals surface area contributed by atoms with Crippen molar-refractivity contribution in [2.75, 3.05) is 5.32 Å². The zero-order chi connectivity index (χ0) is 22.6. The van der Waals surface area contributed by atoms with Gasteiger partial charge in [0.1, 0.15) is 6.17 Å². The third-order valence-corrected chi connectivity index (χ3v) is 5.34. The number of carbonyl (C=O) groups is 2. The second-order valence-corrected chi connectivity index (χ2v) is 9.48.